The Balaban J connectivity index is 2.07. The van der Waals surface area contributed by atoms with Gasteiger partial charge in [-0.2, -0.15) is 0 Å². The van der Waals surface area contributed by atoms with Crippen molar-refractivity contribution < 1.29 is 9.90 Å². The molecule has 0 atom stereocenters. The average Bonchev–Trinajstić information content (AvgIpc) is 2.45. The van der Waals surface area contributed by atoms with Gasteiger partial charge in [-0.25, -0.2) is 4.79 Å². The fraction of sp³-hybridized carbons (Fsp3) is 0.250. The van der Waals surface area contributed by atoms with Crippen LogP contribution in [0.1, 0.15) is 41.4 Å². The maximum atomic E-state index is 10.8. The van der Waals surface area contributed by atoms with Gasteiger partial charge in [-0.05, 0) is 29.7 Å². The largest absolute Gasteiger partial charge is 0.478 e. The summed E-state index contributed by atoms with van der Waals surface area (Å²) in [6.07, 6.45) is 1.38. The SMILES string of the molecule is CC(C)c1ccccc1NCc1ccc(C(=O)O)cn1. The van der Waals surface area contributed by atoms with E-state index in [0.717, 1.165) is 11.4 Å². The zero-order chi connectivity index (χ0) is 14.5. The second-order valence-corrected chi connectivity index (χ2v) is 4.94. The van der Waals surface area contributed by atoms with Gasteiger partial charge in [0.15, 0.2) is 0 Å². The van der Waals surface area contributed by atoms with Crippen LogP contribution in [0, 0.1) is 0 Å². The number of anilines is 1. The first kappa shape index (κ1) is 14.1. The molecule has 0 saturated carbocycles. The van der Waals surface area contributed by atoms with Crippen LogP contribution in [0.4, 0.5) is 5.69 Å². The van der Waals surface area contributed by atoms with Gasteiger partial charge in [0, 0.05) is 11.9 Å². The van der Waals surface area contributed by atoms with Crippen molar-refractivity contribution in [2.75, 3.05) is 5.32 Å². The van der Waals surface area contributed by atoms with Crippen LogP contribution >= 0.6 is 0 Å². The Kier molecular flexibility index (Phi) is 4.35. The van der Waals surface area contributed by atoms with Crippen LogP contribution in [0.3, 0.4) is 0 Å². The third-order valence-corrected chi connectivity index (χ3v) is 3.11. The lowest BCUT2D eigenvalue weighted by molar-refractivity contribution is 0.0696. The summed E-state index contributed by atoms with van der Waals surface area (Å²) in [6.45, 7) is 4.88. The van der Waals surface area contributed by atoms with Crippen LogP contribution in [0.15, 0.2) is 42.6 Å². The summed E-state index contributed by atoms with van der Waals surface area (Å²) in [5, 5.41) is 12.2. The van der Waals surface area contributed by atoms with Gasteiger partial charge in [0.2, 0.25) is 0 Å². The topological polar surface area (TPSA) is 62.2 Å². The lowest BCUT2D eigenvalue weighted by Gasteiger charge is -2.14. The highest BCUT2D eigenvalue weighted by Crippen LogP contribution is 2.23. The smallest absolute Gasteiger partial charge is 0.337 e. The maximum absolute atomic E-state index is 10.8. The first-order chi connectivity index (χ1) is 9.58. The van der Waals surface area contributed by atoms with Gasteiger partial charge in [0.1, 0.15) is 0 Å². The number of para-hydroxylation sites is 1. The van der Waals surface area contributed by atoms with Gasteiger partial charge < -0.3 is 10.4 Å². The molecule has 0 aliphatic heterocycles. The summed E-state index contributed by atoms with van der Waals surface area (Å²) < 4.78 is 0. The van der Waals surface area contributed by atoms with E-state index < -0.39 is 5.97 Å². The zero-order valence-corrected chi connectivity index (χ0v) is 11.6. The number of nitrogens with zero attached hydrogens (tertiary/aromatic N) is 1. The second-order valence-electron chi connectivity index (χ2n) is 4.94. The van der Waals surface area contributed by atoms with Crippen LogP contribution < -0.4 is 5.32 Å². The Morgan fingerprint density at radius 1 is 1.25 bits per heavy atom. The number of aromatic nitrogens is 1. The Morgan fingerprint density at radius 2 is 2.00 bits per heavy atom. The Morgan fingerprint density at radius 3 is 2.60 bits per heavy atom. The van der Waals surface area contributed by atoms with Gasteiger partial charge in [0.05, 0.1) is 17.8 Å². The molecule has 20 heavy (non-hydrogen) atoms. The highest BCUT2D eigenvalue weighted by Gasteiger charge is 2.06. The van der Waals surface area contributed by atoms with Crippen LogP contribution in [0.2, 0.25) is 0 Å². The first-order valence-corrected chi connectivity index (χ1v) is 6.59. The van der Waals surface area contributed by atoms with Gasteiger partial charge in [-0.1, -0.05) is 32.0 Å². The molecule has 0 aliphatic carbocycles. The molecule has 4 nitrogen and oxygen atoms in total. The van der Waals surface area contributed by atoms with Crippen molar-refractivity contribution in [3.63, 3.8) is 0 Å². The van der Waals surface area contributed by atoms with E-state index in [9.17, 15) is 4.79 Å². The molecule has 0 radical (unpaired) electrons. The van der Waals surface area contributed by atoms with Gasteiger partial charge in [-0.3, -0.25) is 4.98 Å². The third-order valence-electron chi connectivity index (χ3n) is 3.11. The molecule has 0 bridgehead atoms. The third kappa shape index (κ3) is 3.35. The molecule has 0 aliphatic rings. The number of rotatable bonds is 5. The molecule has 1 aromatic heterocycles. The summed E-state index contributed by atoms with van der Waals surface area (Å²) in [4.78, 5) is 14.9. The minimum Gasteiger partial charge on any atom is -0.478 e. The molecule has 1 heterocycles. The molecule has 0 fully saturated rings. The summed E-state index contributed by atoms with van der Waals surface area (Å²) in [5.41, 5.74) is 3.37. The molecule has 0 saturated heterocycles. The average molecular weight is 270 g/mol. The summed E-state index contributed by atoms with van der Waals surface area (Å²) in [7, 11) is 0. The van der Waals surface area contributed by atoms with E-state index in [2.05, 4.69) is 30.2 Å². The number of hydrogen-bond donors (Lipinski definition) is 2. The van der Waals surface area contributed by atoms with E-state index in [1.165, 1.54) is 11.8 Å². The predicted octanol–water partition coefficient (Wildman–Crippen LogP) is 3.52. The van der Waals surface area contributed by atoms with E-state index in [1.807, 2.05) is 18.2 Å². The maximum Gasteiger partial charge on any atom is 0.337 e. The molecular weight excluding hydrogens is 252 g/mol. The van der Waals surface area contributed by atoms with Crippen molar-refractivity contribution in [3.05, 3.63) is 59.4 Å². The summed E-state index contributed by atoms with van der Waals surface area (Å²) in [6, 6.07) is 11.5. The summed E-state index contributed by atoms with van der Waals surface area (Å²) in [5.74, 6) is -0.511. The molecule has 0 amide bonds. The molecule has 4 heteroatoms. The molecule has 2 aromatic rings. The van der Waals surface area contributed by atoms with Crippen LogP contribution in [-0.4, -0.2) is 16.1 Å². The fourth-order valence-corrected chi connectivity index (χ4v) is 2.00. The molecule has 2 N–H and O–H groups in total. The number of benzene rings is 1. The van der Waals surface area contributed by atoms with Crippen molar-refractivity contribution in [3.8, 4) is 0 Å². The Bertz CT molecular complexity index is 592. The normalized spacial score (nSPS) is 10.6. The lowest BCUT2D eigenvalue weighted by atomic mass is 10.0. The van der Waals surface area contributed by atoms with Crippen molar-refractivity contribution in [1.82, 2.24) is 4.98 Å². The van der Waals surface area contributed by atoms with E-state index in [1.54, 1.807) is 12.1 Å². The van der Waals surface area contributed by atoms with Crippen LogP contribution in [0.5, 0.6) is 0 Å². The van der Waals surface area contributed by atoms with Gasteiger partial charge in [-0.15, -0.1) is 0 Å². The van der Waals surface area contributed by atoms with Gasteiger partial charge >= 0.3 is 5.97 Å². The highest BCUT2D eigenvalue weighted by molar-refractivity contribution is 5.87. The van der Waals surface area contributed by atoms with Crippen LogP contribution in [-0.2, 0) is 6.54 Å². The number of aromatic carboxylic acids is 1. The zero-order valence-electron chi connectivity index (χ0n) is 11.6. The molecule has 2 rings (SSSR count). The fourth-order valence-electron chi connectivity index (χ4n) is 2.00. The molecule has 104 valence electrons. The minimum atomic E-state index is -0.956. The van der Waals surface area contributed by atoms with Crippen molar-refractivity contribution in [2.24, 2.45) is 0 Å². The van der Waals surface area contributed by atoms with Crippen molar-refractivity contribution in [2.45, 2.75) is 26.3 Å². The number of hydrogen-bond acceptors (Lipinski definition) is 3. The lowest BCUT2D eigenvalue weighted by Crippen LogP contribution is -2.06. The standard InChI is InChI=1S/C16H18N2O2/c1-11(2)14-5-3-4-6-15(14)18-10-13-8-7-12(9-17-13)16(19)20/h3-9,11,18H,10H2,1-2H3,(H,19,20). The number of carboxylic acid groups (broad SMARTS) is 1. The summed E-state index contributed by atoms with van der Waals surface area (Å²) >= 11 is 0. The van der Waals surface area contributed by atoms with E-state index in [-0.39, 0.29) is 5.56 Å². The van der Waals surface area contributed by atoms with E-state index in [4.69, 9.17) is 5.11 Å². The van der Waals surface area contributed by atoms with E-state index in [0.29, 0.717) is 12.5 Å². The minimum absolute atomic E-state index is 0.205. The molecular formula is C16H18N2O2. The van der Waals surface area contributed by atoms with Crippen molar-refractivity contribution in [1.29, 1.82) is 0 Å². The van der Waals surface area contributed by atoms with E-state index >= 15 is 0 Å². The highest BCUT2D eigenvalue weighted by atomic mass is 16.4. The Labute approximate surface area is 118 Å². The quantitative estimate of drug-likeness (QED) is 0.872. The monoisotopic (exact) mass is 270 g/mol. The molecule has 0 unspecified atom stereocenters. The Hall–Kier alpha value is -2.36. The number of pyridine rings is 1. The molecule has 0 spiro atoms. The predicted molar refractivity (Wildman–Crippen MR) is 79.1 cm³/mol. The number of carbonyl (C=O) groups is 1. The van der Waals surface area contributed by atoms with Crippen LogP contribution in [0.25, 0.3) is 0 Å². The number of nitrogens with one attached hydrogen (secondary N) is 1. The first-order valence-electron chi connectivity index (χ1n) is 6.59. The molecule has 1 aromatic carbocycles. The number of carboxylic acids is 1. The van der Waals surface area contributed by atoms with Crippen molar-refractivity contribution >= 4 is 11.7 Å². The second kappa shape index (κ2) is 6.19. The van der Waals surface area contributed by atoms with Gasteiger partial charge in [0.25, 0.3) is 0 Å².